The molecule has 1 N–H and O–H groups in total. The van der Waals surface area contributed by atoms with E-state index in [2.05, 4.69) is 5.32 Å². The van der Waals surface area contributed by atoms with E-state index < -0.39 is 0 Å². The number of amides is 2. The van der Waals surface area contributed by atoms with E-state index in [1.807, 2.05) is 0 Å². The highest BCUT2D eigenvalue weighted by atomic mass is 16.5. The molecule has 0 radical (unpaired) electrons. The molecule has 6 heteroatoms. The summed E-state index contributed by atoms with van der Waals surface area (Å²) in [4.78, 5) is 35.5. The Labute approximate surface area is 124 Å². The van der Waals surface area contributed by atoms with Gasteiger partial charge in [-0.05, 0) is 31.2 Å². The number of ether oxygens (including phenoxy) is 1. The van der Waals surface area contributed by atoms with Crippen LogP contribution in [0.3, 0.4) is 0 Å². The first-order chi connectivity index (χ1) is 9.93. The lowest BCUT2D eigenvalue weighted by molar-refractivity contribution is -0.144. The topological polar surface area (TPSA) is 75.7 Å². The zero-order valence-corrected chi connectivity index (χ0v) is 12.5. The van der Waals surface area contributed by atoms with Gasteiger partial charge in [0.1, 0.15) is 0 Å². The molecule has 0 bridgehead atoms. The molecule has 0 saturated heterocycles. The predicted molar refractivity (Wildman–Crippen MR) is 80.0 cm³/mol. The molecule has 2 amide bonds. The van der Waals surface area contributed by atoms with Crippen LogP contribution in [0.25, 0.3) is 0 Å². The van der Waals surface area contributed by atoms with Gasteiger partial charge in [0.15, 0.2) is 0 Å². The Morgan fingerprint density at radius 1 is 1.14 bits per heavy atom. The molecule has 0 aliphatic carbocycles. The van der Waals surface area contributed by atoms with Gasteiger partial charge in [-0.1, -0.05) is 0 Å². The van der Waals surface area contributed by atoms with Crippen molar-refractivity contribution >= 4 is 29.2 Å². The van der Waals surface area contributed by atoms with Crippen LogP contribution in [0.15, 0.2) is 24.3 Å². The largest absolute Gasteiger partial charge is 0.466 e. The molecule has 21 heavy (non-hydrogen) atoms. The van der Waals surface area contributed by atoms with Gasteiger partial charge in [-0.15, -0.1) is 0 Å². The van der Waals surface area contributed by atoms with E-state index in [-0.39, 0.29) is 30.6 Å². The number of nitrogens with one attached hydrogen (secondary N) is 1. The van der Waals surface area contributed by atoms with E-state index in [4.69, 9.17) is 4.74 Å². The minimum atomic E-state index is -0.383. The van der Waals surface area contributed by atoms with Crippen molar-refractivity contribution in [3.05, 3.63) is 24.3 Å². The molecule has 0 aliphatic rings. The van der Waals surface area contributed by atoms with Crippen LogP contribution in [0.5, 0.6) is 0 Å². The van der Waals surface area contributed by atoms with Crippen LogP contribution in [0.4, 0.5) is 11.4 Å². The van der Waals surface area contributed by atoms with Crippen LogP contribution in [0.2, 0.25) is 0 Å². The fourth-order valence-corrected chi connectivity index (χ4v) is 1.62. The lowest BCUT2D eigenvalue weighted by Gasteiger charge is -2.15. The van der Waals surface area contributed by atoms with Crippen LogP contribution >= 0.6 is 0 Å². The third-order valence-corrected chi connectivity index (χ3v) is 2.87. The van der Waals surface area contributed by atoms with E-state index >= 15 is 0 Å². The lowest BCUT2D eigenvalue weighted by Crippen LogP contribution is -2.22. The van der Waals surface area contributed by atoms with Crippen molar-refractivity contribution in [3.63, 3.8) is 0 Å². The molecular formula is C15H20N2O4. The van der Waals surface area contributed by atoms with Crippen molar-refractivity contribution in [2.75, 3.05) is 23.9 Å². The second kappa shape index (κ2) is 8.04. The number of nitrogens with zero attached hydrogens (tertiary/aromatic N) is 1. The Balaban J connectivity index is 2.50. The van der Waals surface area contributed by atoms with Crippen LogP contribution in [0, 0.1) is 0 Å². The van der Waals surface area contributed by atoms with Gasteiger partial charge >= 0.3 is 5.97 Å². The van der Waals surface area contributed by atoms with E-state index in [1.165, 1.54) is 11.8 Å². The number of hydrogen-bond acceptors (Lipinski definition) is 4. The second-order valence-corrected chi connectivity index (χ2v) is 4.48. The molecule has 0 aliphatic heterocycles. The number of anilines is 2. The Bertz CT molecular complexity index is 511. The molecule has 0 heterocycles. The number of rotatable bonds is 6. The Kier molecular flexibility index (Phi) is 6.39. The van der Waals surface area contributed by atoms with E-state index in [1.54, 1.807) is 38.2 Å². The van der Waals surface area contributed by atoms with Crippen LogP contribution in [-0.4, -0.2) is 31.4 Å². The summed E-state index contributed by atoms with van der Waals surface area (Å²) in [7, 11) is 1.68. The number of benzene rings is 1. The van der Waals surface area contributed by atoms with Crippen LogP contribution in [-0.2, 0) is 19.1 Å². The number of hydrogen-bond donors (Lipinski definition) is 1. The second-order valence-electron chi connectivity index (χ2n) is 4.48. The van der Waals surface area contributed by atoms with Crippen LogP contribution < -0.4 is 10.2 Å². The molecule has 1 aromatic rings. The van der Waals surface area contributed by atoms with Crippen molar-refractivity contribution in [2.45, 2.75) is 26.7 Å². The van der Waals surface area contributed by atoms with E-state index in [9.17, 15) is 14.4 Å². The average molecular weight is 292 g/mol. The van der Waals surface area contributed by atoms with E-state index in [0.29, 0.717) is 12.3 Å². The summed E-state index contributed by atoms with van der Waals surface area (Å²) in [5.41, 5.74) is 1.36. The molecule has 0 spiro atoms. The summed E-state index contributed by atoms with van der Waals surface area (Å²) >= 11 is 0. The Morgan fingerprint density at radius 3 is 2.29 bits per heavy atom. The van der Waals surface area contributed by atoms with Crippen molar-refractivity contribution < 1.29 is 19.1 Å². The molecule has 114 valence electrons. The number of carbonyl (C=O) groups is 3. The highest BCUT2D eigenvalue weighted by molar-refractivity contribution is 5.94. The summed E-state index contributed by atoms with van der Waals surface area (Å²) in [6.07, 6.45) is 0.138. The maximum absolute atomic E-state index is 11.7. The zero-order valence-electron chi connectivity index (χ0n) is 12.5. The lowest BCUT2D eigenvalue weighted by atomic mass is 10.2. The van der Waals surface area contributed by atoms with Crippen molar-refractivity contribution in [1.82, 2.24) is 0 Å². The SMILES string of the molecule is CCOC(=O)CCC(=O)Nc1ccc(N(C)C(C)=O)cc1. The average Bonchev–Trinajstić information content (AvgIpc) is 2.45. The van der Waals surface area contributed by atoms with Crippen molar-refractivity contribution in [1.29, 1.82) is 0 Å². The van der Waals surface area contributed by atoms with Crippen LogP contribution in [0.1, 0.15) is 26.7 Å². The van der Waals surface area contributed by atoms with Gasteiger partial charge in [-0.25, -0.2) is 0 Å². The summed E-state index contributed by atoms with van der Waals surface area (Å²) in [5, 5.41) is 2.68. The molecule has 0 saturated carbocycles. The highest BCUT2D eigenvalue weighted by Crippen LogP contribution is 2.17. The third kappa shape index (κ3) is 5.64. The zero-order chi connectivity index (χ0) is 15.8. The predicted octanol–water partition coefficient (Wildman–Crippen LogP) is 1.95. The van der Waals surface area contributed by atoms with Gasteiger partial charge in [0.25, 0.3) is 0 Å². The summed E-state index contributed by atoms with van der Waals surface area (Å²) in [6, 6.07) is 6.89. The Hall–Kier alpha value is -2.37. The fourth-order valence-electron chi connectivity index (χ4n) is 1.62. The molecule has 1 rings (SSSR count). The molecule has 0 aromatic heterocycles. The number of carbonyl (C=O) groups excluding carboxylic acids is 3. The minimum Gasteiger partial charge on any atom is -0.466 e. The van der Waals surface area contributed by atoms with Gasteiger partial charge in [0, 0.05) is 31.8 Å². The van der Waals surface area contributed by atoms with Gasteiger partial charge in [-0.2, -0.15) is 0 Å². The normalized spacial score (nSPS) is 9.86. The van der Waals surface area contributed by atoms with Crippen molar-refractivity contribution in [2.24, 2.45) is 0 Å². The summed E-state index contributed by atoms with van der Waals surface area (Å²) in [5.74, 6) is -0.706. The fraction of sp³-hybridized carbons (Fsp3) is 0.400. The third-order valence-electron chi connectivity index (χ3n) is 2.87. The molecular weight excluding hydrogens is 272 g/mol. The molecule has 0 unspecified atom stereocenters. The van der Waals surface area contributed by atoms with Gasteiger partial charge < -0.3 is 15.0 Å². The quantitative estimate of drug-likeness (QED) is 0.813. The highest BCUT2D eigenvalue weighted by Gasteiger charge is 2.09. The van der Waals surface area contributed by atoms with Crippen molar-refractivity contribution in [3.8, 4) is 0 Å². The Morgan fingerprint density at radius 2 is 1.76 bits per heavy atom. The monoisotopic (exact) mass is 292 g/mol. The number of esters is 1. The minimum absolute atomic E-state index is 0.0603. The van der Waals surface area contributed by atoms with Gasteiger partial charge in [0.2, 0.25) is 11.8 Å². The maximum Gasteiger partial charge on any atom is 0.306 e. The first-order valence-corrected chi connectivity index (χ1v) is 6.74. The summed E-state index contributed by atoms with van der Waals surface area (Å²) < 4.78 is 4.75. The molecule has 6 nitrogen and oxygen atoms in total. The molecule has 1 aromatic carbocycles. The molecule has 0 atom stereocenters. The maximum atomic E-state index is 11.7. The first kappa shape index (κ1) is 16.7. The van der Waals surface area contributed by atoms with Gasteiger partial charge in [0.05, 0.1) is 13.0 Å². The van der Waals surface area contributed by atoms with Gasteiger partial charge in [-0.3, -0.25) is 14.4 Å². The summed E-state index contributed by atoms with van der Waals surface area (Å²) in [6.45, 7) is 3.51. The standard InChI is InChI=1S/C15H20N2O4/c1-4-21-15(20)10-9-14(19)16-12-5-7-13(8-6-12)17(3)11(2)18/h5-8H,4,9-10H2,1-3H3,(H,16,19). The smallest absolute Gasteiger partial charge is 0.306 e. The van der Waals surface area contributed by atoms with E-state index in [0.717, 1.165) is 5.69 Å². The molecule has 0 fully saturated rings. The first-order valence-electron chi connectivity index (χ1n) is 6.74.